The summed E-state index contributed by atoms with van der Waals surface area (Å²) in [5.74, 6) is -1.77. The van der Waals surface area contributed by atoms with E-state index < -0.39 is 42.5 Å². The van der Waals surface area contributed by atoms with Crippen LogP contribution in [-0.4, -0.2) is 47.4 Å². The number of benzene rings is 1. The summed E-state index contributed by atoms with van der Waals surface area (Å²) in [6.45, 7) is 8.65. The summed E-state index contributed by atoms with van der Waals surface area (Å²) in [7, 11) is 0. The molecule has 1 heterocycles. The van der Waals surface area contributed by atoms with Crippen molar-refractivity contribution in [3.8, 4) is 0 Å². The maximum absolute atomic E-state index is 12.5. The van der Waals surface area contributed by atoms with Crippen LogP contribution in [0, 0.1) is 0 Å². The number of hydrogen-bond donors (Lipinski definition) is 2. The highest BCUT2D eigenvalue weighted by Gasteiger charge is 2.49. The van der Waals surface area contributed by atoms with Crippen LogP contribution in [0.1, 0.15) is 53.0 Å². The Morgan fingerprint density at radius 3 is 2.31 bits per heavy atom. The molecule has 4 amide bonds. The van der Waals surface area contributed by atoms with Crippen molar-refractivity contribution in [2.75, 3.05) is 18.5 Å². The maximum atomic E-state index is 12.5. The molecule has 29 heavy (non-hydrogen) atoms. The van der Waals surface area contributed by atoms with Crippen LogP contribution in [0.25, 0.3) is 0 Å². The molecule has 2 N–H and O–H groups in total. The monoisotopic (exact) mass is 403 g/mol. The molecule has 8 heteroatoms. The Balaban J connectivity index is 1.93. The third-order valence-electron chi connectivity index (χ3n) is 5.11. The van der Waals surface area contributed by atoms with E-state index in [1.54, 1.807) is 19.9 Å². The van der Waals surface area contributed by atoms with Crippen molar-refractivity contribution in [2.45, 2.75) is 58.4 Å². The van der Waals surface area contributed by atoms with Crippen LogP contribution < -0.4 is 10.6 Å². The zero-order valence-corrected chi connectivity index (χ0v) is 17.6. The number of ether oxygens (including phenoxy) is 1. The van der Waals surface area contributed by atoms with Gasteiger partial charge in [0.15, 0.2) is 6.61 Å². The number of rotatable bonds is 7. The highest BCUT2D eigenvalue weighted by molar-refractivity contribution is 6.08. The second-order valence-corrected chi connectivity index (χ2v) is 8.12. The predicted octanol–water partition coefficient (Wildman–Crippen LogP) is 2.58. The fraction of sp³-hybridized carbons (Fsp3) is 0.524. The average Bonchev–Trinajstić information content (AvgIpc) is 2.90. The Morgan fingerprint density at radius 2 is 1.76 bits per heavy atom. The number of amides is 4. The van der Waals surface area contributed by atoms with Crippen LogP contribution in [0.3, 0.4) is 0 Å². The maximum Gasteiger partial charge on any atom is 0.326 e. The smallest absolute Gasteiger partial charge is 0.326 e. The first-order valence-corrected chi connectivity index (χ1v) is 9.73. The summed E-state index contributed by atoms with van der Waals surface area (Å²) < 4.78 is 4.97. The quantitative estimate of drug-likeness (QED) is 0.538. The Hall–Kier alpha value is -2.90. The topological polar surface area (TPSA) is 105 Å². The summed E-state index contributed by atoms with van der Waals surface area (Å²) >= 11 is 0. The SMILES string of the molecule is CCC1(CC)NC(=O)N(CC(=O)OCC(=O)Nc2ccccc2C(C)(C)C)C1=O. The molecule has 1 fully saturated rings. The number of para-hydroxylation sites is 1. The van der Waals surface area contributed by atoms with Crippen LogP contribution in [0.15, 0.2) is 24.3 Å². The number of carbonyl (C=O) groups excluding carboxylic acids is 4. The Labute approximate surface area is 171 Å². The van der Waals surface area contributed by atoms with Gasteiger partial charge in [-0.1, -0.05) is 52.8 Å². The molecule has 0 aliphatic carbocycles. The zero-order chi connectivity index (χ0) is 21.8. The average molecular weight is 403 g/mol. The van der Waals surface area contributed by atoms with Gasteiger partial charge in [0.25, 0.3) is 11.8 Å². The van der Waals surface area contributed by atoms with Crippen molar-refractivity contribution in [3.05, 3.63) is 29.8 Å². The molecular weight excluding hydrogens is 374 g/mol. The molecule has 8 nitrogen and oxygen atoms in total. The van der Waals surface area contributed by atoms with E-state index >= 15 is 0 Å². The van der Waals surface area contributed by atoms with E-state index in [0.717, 1.165) is 10.5 Å². The van der Waals surface area contributed by atoms with E-state index in [1.807, 2.05) is 39.0 Å². The van der Waals surface area contributed by atoms with Gasteiger partial charge in [0.1, 0.15) is 12.1 Å². The molecule has 0 saturated carbocycles. The molecule has 0 atom stereocenters. The predicted molar refractivity (Wildman–Crippen MR) is 108 cm³/mol. The first-order valence-electron chi connectivity index (χ1n) is 9.73. The number of urea groups is 1. The van der Waals surface area contributed by atoms with Crippen LogP contribution >= 0.6 is 0 Å². The van der Waals surface area contributed by atoms with Gasteiger partial charge < -0.3 is 15.4 Å². The number of hydrogen-bond acceptors (Lipinski definition) is 5. The molecule has 0 aromatic heterocycles. The highest BCUT2D eigenvalue weighted by Crippen LogP contribution is 2.29. The first kappa shape index (κ1) is 22.4. The third kappa shape index (κ3) is 4.93. The first-order chi connectivity index (χ1) is 13.5. The summed E-state index contributed by atoms with van der Waals surface area (Å²) in [4.78, 5) is 49.7. The molecule has 2 rings (SSSR count). The molecule has 1 aromatic rings. The van der Waals surface area contributed by atoms with Crippen LogP contribution in [0.2, 0.25) is 0 Å². The van der Waals surface area contributed by atoms with E-state index in [9.17, 15) is 19.2 Å². The van der Waals surface area contributed by atoms with Gasteiger partial charge in [-0.15, -0.1) is 0 Å². The van der Waals surface area contributed by atoms with E-state index in [1.165, 1.54) is 0 Å². The van der Waals surface area contributed by atoms with Crippen molar-refractivity contribution < 1.29 is 23.9 Å². The highest BCUT2D eigenvalue weighted by atomic mass is 16.5. The van der Waals surface area contributed by atoms with E-state index in [-0.39, 0.29) is 5.41 Å². The number of nitrogens with one attached hydrogen (secondary N) is 2. The summed E-state index contributed by atoms with van der Waals surface area (Å²) in [5, 5.41) is 5.38. The summed E-state index contributed by atoms with van der Waals surface area (Å²) in [5.41, 5.74) is 0.445. The van der Waals surface area contributed by atoms with E-state index in [0.29, 0.717) is 18.5 Å². The minimum absolute atomic E-state index is 0.172. The van der Waals surface area contributed by atoms with Crippen LogP contribution in [-0.2, 0) is 24.5 Å². The van der Waals surface area contributed by atoms with Gasteiger partial charge in [0.2, 0.25) is 0 Å². The van der Waals surface area contributed by atoms with Crippen molar-refractivity contribution in [2.24, 2.45) is 0 Å². The lowest BCUT2D eigenvalue weighted by molar-refractivity contribution is -0.150. The lowest BCUT2D eigenvalue weighted by Crippen LogP contribution is -2.46. The molecule has 0 bridgehead atoms. The van der Waals surface area contributed by atoms with Gasteiger partial charge in [-0.05, 0) is 29.9 Å². The minimum atomic E-state index is -0.981. The molecule has 1 saturated heterocycles. The van der Waals surface area contributed by atoms with Gasteiger partial charge in [-0.25, -0.2) is 4.79 Å². The van der Waals surface area contributed by atoms with Crippen molar-refractivity contribution in [1.29, 1.82) is 0 Å². The second kappa shape index (κ2) is 8.63. The summed E-state index contributed by atoms with van der Waals surface area (Å²) in [6, 6.07) is 6.78. The lowest BCUT2D eigenvalue weighted by atomic mass is 9.86. The Bertz CT molecular complexity index is 809. The van der Waals surface area contributed by atoms with Gasteiger partial charge >= 0.3 is 12.0 Å². The van der Waals surface area contributed by atoms with Crippen molar-refractivity contribution in [3.63, 3.8) is 0 Å². The normalized spacial score (nSPS) is 15.8. The second-order valence-electron chi connectivity index (χ2n) is 8.12. The number of imide groups is 1. The molecule has 158 valence electrons. The molecule has 1 aromatic carbocycles. The number of carbonyl (C=O) groups is 4. The minimum Gasteiger partial charge on any atom is -0.454 e. The van der Waals surface area contributed by atoms with Crippen molar-refractivity contribution in [1.82, 2.24) is 10.2 Å². The fourth-order valence-corrected chi connectivity index (χ4v) is 3.30. The van der Waals surface area contributed by atoms with Crippen LogP contribution in [0.4, 0.5) is 10.5 Å². The van der Waals surface area contributed by atoms with Gasteiger partial charge in [-0.3, -0.25) is 19.3 Å². The number of anilines is 1. The van der Waals surface area contributed by atoms with Crippen molar-refractivity contribution >= 4 is 29.5 Å². The molecular formula is C21H29N3O5. The molecule has 1 aliphatic rings. The zero-order valence-electron chi connectivity index (χ0n) is 17.6. The molecule has 1 aliphatic heterocycles. The molecule has 0 spiro atoms. The van der Waals surface area contributed by atoms with E-state index in [2.05, 4.69) is 10.6 Å². The Morgan fingerprint density at radius 1 is 1.14 bits per heavy atom. The van der Waals surface area contributed by atoms with Gasteiger partial charge in [0, 0.05) is 5.69 Å². The number of nitrogens with zero attached hydrogens (tertiary/aromatic N) is 1. The molecule has 0 radical (unpaired) electrons. The number of esters is 1. The summed E-state index contributed by atoms with van der Waals surface area (Å²) in [6.07, 6.45) is 0.852. The standard InChI is InChI=1S/C21H29N3O5/c1-6-21(7-2)18(27)24(19(28)23-21)12-17(26)29-13-16(25)22-15-11-9-8-10-14(15)20(3,4)5/h8-11H,6-7,12-13H2,1-5H3,(H,22,25)(H,23,28). The lowest BCUT2D eigenvalue weighted by Gasteiger charge is -2.23. The molecule has 0 unspecified atom stereocenters. The van der Waals surface area contributed by atoms with Crippen LogP contribution in [0.5, 0.6) is 0 Å². The fourth-order valence-electron chi connectivity index (χ4n) is 3.30. The van der Waals surface area contributed by atoms with Gasteiger partial charge in [-0.2, -0.15) is 0 Å². The Kier molecular flexibility index (Phi) is 6.66. The van der Waals surface area contributed by atoms with Gasteiger partial charge in [0.05, 0.1) is 0 Å². The van der Waals surface area contributed by atoms with E-state index in [4.69, 9.17) is 4.74 Å². The third-order valence-corrected chi connectivity index (χ3v) is 5.11. The largest absolute Gasteiger partial charge is 0.454 e.